The van der Waals surface area contributed by atoms with Crippen LogP contribution in [-0.2, 0) is 71.2 Å². The summed E-state index contributed by atoms with van der Waals surface area (Å²) in [7, 11) is 1.31. The first-order chi connectivity index (χ1) is 22.1. The van der Waals surface area contributed by atoms with Gasteiger partial charge in [-0.25, -0.2) is 4.79 Å². The number of ether oxygens (including phenoxy) is 12. The monoisotopic (exact) mass is 658 g/mol. The molecule has 0 amide bonds. The highest BCUT2D eigenvalue weighted by molar-refractivity contribution is 5.70. The van der Waals surface area contributed by atoms with Gasteiger partial charge >= 0.3 is 17.9 Å². The highest BCUT2D eigenvalue weighted by Crippen LogP contribution is 2.01. The average Bonchev–Trinajstić information content (AvgIpc) is 3.03. The lowest BCUT2D eigenvalue weighted by molar-refractivity contribution is -0.146. The van der Waals surface area contributed by atoms with Crippen molar-refractivity contribution in [1.29, 1.82) is 0 Å². The number of unbranched alkanes of at least 4 members (excludes halogenated alkanes) is 1. The fraction of sp³-hybridized carbons (Fsp3) is 0.897. The quantitative estimate of drug-likeness (QED) is 0.0719. The number of carboxylic acids is 1. The highest BCUT2D eigenvalue weighted by Gasteiger charge is 2.04. The van der Waals surface area contributed by atoms with Crippen molar-refractivity contribution in [3.63, 3.8) is 0 Å². The number of carbonyl (C=O) groups excluding carboxylic acids is 2. The summed E-state index contributed by atoms with van der Waals surface area (Å²) < 4.78 is 63.1. The Morgan fingerprint density at radius 1 is 0.400 bits per heavy atom. The number of methoxy groups -OCH3 is 1. The number of esters is 2. The first-order valence-corrected chi connectivity index (χ1v) is 15.3. The van der Waals surface area contributed by atoms with Crippen LogP contribution in [0.3, 0.4) is 0 Å². The third kappa shape index (κ3) is 38.1. The molecule has 0 radical (unpaired) electrons. The Kier molecular flexibility index (Phi) is 34.9. The van der Waals surface area contributed by atoms with E-state index in [1.54, 1.807) is 0 Å². The molecule has 0 aromatic heterocycles. The summed E-state index contributed by atoms with van der Waals surface area (Å²) in [5, 5.41) is 8.54. The summed E-state index contributed by atoms with van der Waals surface area (Å²) in [6, 6.07) is 0. The molecule has 45 heavy (non-hydrogen) atoms. The normalized spacial score (nSPS) is 11.1. The minimum atomic E-state index is -0.866. The van der Waals surface area contributed by atoms with E-state index >= 15 is 0 Å². The van der Waals surface area contributed by atoms with Crippen molar-refractivity contribution in [3.05, 3.63) is 0 Å². The molecule has 266 valence electrons. The lowest BCUT2D eigenvalue weighted by Crippen LogP contribution is -2.16. The number of hydrogen-bond acceptors (Lipinski definition) is 15. The number of hydrogen-bond donors (Lipinski definition) is 1. The van der Waals surface area contributed by atoms with Gasteiger partial charge < -0.3 is 61.9 Å². The van der Waals surface area contributed by atoms with Crippen LogP contribution in [0.25, 0.3) is 0 Å². The number of aliphatic carboxylic acids is 1. The Labute approximate surface area is 266 Å². The Balaban J connectivity index is 3.11. The van der Waals surface area contributed by atoms with Crippen molar-refractivity contribution >= 4 is 17.9 Å². The van der Waals surface area contributed by atoms with E-state index < -0.39 is 11.9 Å². The second-order valence-electron chi connectivity index (χ2n) is 8.96. The highest BCUT2D eigenvalue weighted by atomic mass is 16.6. The van der Waals surface area contributed by atoms with Gasteiger partial charge in [-0.3, -0.25) is 9.59 Å². The van der Waals surface area contributed by atoms with Crippen molar-refractivity contribution in [1.82, 2.24) is 0 Å². The summed E-state index contributed by atoms with van der Waals surface area (Å²) in [6.45, 7) is 8.28. The molecule has 16 heteroatoms. The zero-order valence-electron chi connectivity index (χ0n) is 26.7. The van der Waals surface area contributed by atoms with E-state index in [0.717, 1.165) is 0 Å². The maximum Gasteiger partial charge on any atom is 0.331 e. The van der Waals surface area contributed by atoms with Gasteiger partial charge in [0, 0.05) is 12.8 Å². The standard InChI is InChI=1S/C29H54O16/c1-34-29(33)26-44-23-22-42-19-18-40-15-14-38-11-10-36-7-6-35-8-9-37-12-13-39-16-17-41-20-21-43-24-25-45-28(32)5-3-2-4-27(30)31/h2-26H2,1H3,(H,30,31). The molecule has 0 saturated carbocycles. The summed E-state index contributed by atoms with van der Waals surface area (Å²) in [4.78, 5) is 32.7. The summed E-state index contributed by atoms with van der Waals surface area (Å²) >= 11 is 0. The Bertz CT molecular complexity index is 666. The SMILES string of the molecule is COC(=O)COCCOCCOCCOCCOCCOCCOCCOCCOCCOCCOC(=O)CCCCC(=O)O. The van der Waals surface area contributed by atoms with E-state index in [4.69, 9.17) is 57.2 Å². The first-order valence-electron chi connectivity index (χ1n) is 15.3. The fourth-order valence-corrected chi connectivity index (χ4v) is 3.03. The molecule has 0 aromatic carbocycles. The molecule has 0 fully saturated rings. The van der Waals surface area contributed by atoms with Gasteiger partial charge in [0.2, 0.25) is 0 Å². The molecule has 0 saturated heterocycles. The second-order valence-corrected chi connectivity index (χ2v) is 8.96. The van der Waals surface area contributed by atoms with Gasteiger partial charge in [0.1, 0.15) is 13.2 Å². The van der Waals surface area contributed by atoms with E-state index in [2.05, 4.69) is 4.74 Å². The Morgan fingerprint density at radius 3 is 1.00 bits per heavy atom. The van der Waals surface area contributed by atoms with Crippen LogP contribution in [0.1, 0.15) is 25.7 Å². The minimum Gasteiger partial charge on any atom is -0.481 e. The minimum absolute atomic E-state index is 0.0569. The van der Waals surface area contributed by atoms with Crippen LogP contribution in [0, 0.1) is 0 Å². The fourth-order valence-electron chi connectivity index (χ4n) is 3.03. The maximum atomic E-state index is 11.5. The summed E-state index contributed by atoms with van der Waals surface area (Å²) in [5.41, 5.74) is 0. The smallest absolute Gasteiger partial charge is 0.331 e. The van der Waals surface area contributed by atoms with Gasteiger partial charge in [0.05, 0.1) is 133 Å². The van der Waals surface area contributed by atoms with E-state index in [1.165, 1.54) is 7.11 Å². The number of rotatable bonds is 37. The van der Waals surface area contributed by atoms with Crippen molar-refractivity contribution in [2.24, 2.45) is 0 Å². The summed E-state index contributed by atoms with van der Waals surface area (Å²) in [6.07, 6.45) is 1.22. The third-order valence-electron chi connectivity index (χ3n) is 5.31. The topological polar surface area (TPSA) is 182 Å². The van der Waals surface area contributed by atoms with Gasteiger partial charge in [-0.2, -0.15) is 0 Å². The number of carbonyl (C=O) groups is 3. The van der Waals surface area contributed by atoms with Crippen LogP contribution in [0.4, 0.5) is 0 Å². The van der Waals surface area contributed by atoms with Gasteiger partial charge in [0.25, 0.3) is 0 Å². The third-order valence-corrected chi connectivity index (χ3v) is 5.31. The molecule has 0 unspecified atom stereocenters. The van der Waals surface area contributed by atoms with Gasteiger partial charge in [0.15, 0.2) is 0 Å². The van der Waals surface area contributed by atoms with Crippen LogP contribution in [0.2, 0.25) is 0 Å². The van der Waals surface area contributed by atoms with Crippen molar-refractivity contribution in [2.75, 3.05) is 146 Å². The largest absolute Gasteiger partial charge is 0.481 e. The molecule has 16 nitrogen and oxygen atoms in total. The zero-order chi connectivity index (χ0) is 32.9. The van der Waals surface area contributed by atoms with E-state index in [-0.39, 0.29) is 38.6 Å². The molecule has 1 N–H and O–H groups in total. The molecule has 0 spiro atoms. The maximum absolute atomic E-state index is 11.5. The Morgan fingerprint density at radius 2 is 0.689 bits per heavy atom. The predicted molar refractivity (Wildman–Crippen MR) is 157 cm³/mol. The van der Waals surface area contributed by atoms with Crippen molar-refractivity contribution in [2.45, 2.75) is 25.7 Å². The van der Waals surface area contributed by atoms with Crippen molar-refractivity contribution < 1.29 is 76.3 Å². The van der Waals surface area contributed by atoms with Crippen LogP contribution >= 0.6 is 0 Å². The molecule has 0 aliphatic heterocycles. The van der Waals surface area contributed by atoms with E-state index in [1.807, 2.05) is 0 Å². The van der Waals surface area contributed by atoms with E-state index in [9.17, 15) is 14.4 Å². The molecule has 0 rings (SSSR count). The molecule has 0 bridgehead atoms. The zero-order valence-corrected chi connectivity index (χ0v) is 26.7. The molecule has 0 heterocycles. The molecule has 0 atom stereocenters. The number of carboxylic acid groups (broad SMARTS) is 1. The molecule has 0 aliphatic rings. The van der Waals surface area contributed by atoms with Crippen LogP contribution in [-0.4, -0.2) is 169 Å². The van der Waals surface area contributed by atoms with E-state index in [0.29, 0.717) is 132 Å². The average molecular weight is 659 g/mol. The van der Waals surface area contributed by atoms with Gasteiger partial charge in [-0.05, 0) is 12.8 Å². The lowest BCUT2D eigenvalue weighted by atomic mass is 10.2. The van der Waals surface area contributed by atoms with Crippen LogP contribution in [0.15, 0.2) is 0 Å². The predicted octanol–water partition coefficient (Wildman–Crippen LogP) is 0.514. The molecule has 0 aliphatic carbocycles. The van der Waals surface area contributed by atoms with Crippen LogP contribution < -0.4 is 0 Å². The second kappa shape index (κ2) is 36.5. The summed E-state index contributed by atoms with van der Waals surface area (Å²) in [5.74, 6) is -1.63. The van der Waals surface area contributed by atoms with Gasteiger partial charge in [-0.15, -0.1) is 0 Å². The lowest BCUT2D eigenvalue weighted by Gasteiger charge is -2.09. The molecular weight excluding hydrogens is 604 g/mol. The van der Waals surface area contributed by atoms with Crippen molar-refractivity contribution in [3.8, 4) is 0 Å². The molecular formula is C29H54O16. The van der Waals surface area contributed by atoms with Crippen LogP contribution in [0.5, 0.6) is 0 Å². The van der Waals surface area contributed by atoms with Gasteiger partial charge in [-0.1, -0.05) is 0 Å². The molecule has 0 aromatic rings. The first kappa shape index (κ1) is 43.0. The Hall–Kier alpha value is -1.99.